The van der Waals surface area contributed by atoms with Gasteiger partial charge in [-0.1, -0.05) is 18.2 Å². The summed E-state index contributed by atoms with van der Waals surface area (Å²) in [6, 6.07) is 20.3. The Kier molecular flexibility index (Phi) is 6.43. The van der Waals surface area contributed by atoms with Gasteiger partial charge in [0.15, 0.2) is 0 Å². The molecule has 0 radical (unpaired) electrons. The maximum Gasteiger partial charge on any atom is 0.296 e. The third-order valence-corrected chi connectivity index (χ3v) is 4.56. The van der Waals surface area contributed by atoms with Crippen LogP contribution in [-0.2, 0) is 10.1 Å². The molecule has 8 nitrogen and oxygen atoms in total. The normalized spacial score (nSPS) is 11.9. The van der Waals surface area contributed by atoms with Crippen molar-refractivity contribution in [2.24, 2.45) is 20.5 Å². The van der Waals surface area contributed by atoms with E-state index in [-0.39, 0.29) is 10.6 Å². The van der Waals surface area contributed by atoms with Crippen molar-refractivity contribution in [3.05, 3.63) is 72.8 Å². The molecule has 0 aliphatic rings. The second kappa shape index (κ2) is 9.18. The van der Waals surface area contributed by atoms with Gasteiger partial charge in [0.05, 0.1) is 23.7 Å². The molecule has 0 bridgehead atoms. The first-order valence-electron chi connectivity index (χ1n) is 8.68. The lowest BCUT2D eigenvalue weighted by atomic mass is 10.3. The average Bonchev–Trinajstić information content (AvgIpc) is 2.72. The van der Waals surface area contributed by atoms with Crippen molar-refractivity contribution in [3.63, 3.8) is 0 Å². The van der Waals surface area contributed by atoms with Crippen LogP contribution in [0.4, 0.5) is 22.7 Å². The quantitative estimate of drug-likeness (QED) is 0.371. The van der Waals surface area contributed by atoms with Gasteiger partial charge in [-0.3, -0.25) is 4.55 Å². The fourth-order valence-corrected chi connectivity index (χ4v) is 2.99. The second-order valence-electron chi connectivity index (χ2n) is 5.79. The molecule has 0 aromatic heterocycles. The minimum Gasteiger partial charge on any atom is -0.494 e. The Morgan fingerprint density at radius 3 is 1.90 bits per heavy atom. The first-order valence-corrected chi connectivity index (χ1v) is 10.1. The summed E-state index contributed by atoms with van der Waals surface area (Å²) < 4.78 is 38.0. The van der Waals surface area contributed by atoms with Gasteiger partial charge in [-0.2, -0.15) is 23.8 Å². The highest BCUT2D eigenvalue weighted by Gasteiger charge is 2.17. The largest absolute Gasteiger partial charge is 0.494 e. The molecule has 0 aliphatic heterocycles. The van der Waals surface area contributed by atoms with Crippen molar-refractivity contribution >= 4 is 32.9 Å². The Balaban J connectivity index is 1.79. The van der Waals surface area contributed by atoms with Crippen LogP contribution in [0.2, 0.25) is 0 Å². The van der Waals surface area contributed by atoms with Crippen LogP contribution in [0.25, 0.3) is 0 Å². The van der Waals surface area contributed by atoms with E-state index in [0.717, 1.165) is 5.69 Å². The van der Waals surface area contributed by atoms with Gasteiger partial charge in [0, 0.05) is 6.07 Å². The summed E-state index contributed by atoms with van der Waals surface area (Å²) in [7, 11) is -4.48. The van der Waals surface area contributed by atoms with Gasteiger partial charge in [0.25, 0.3) is 10.1 Å². The summed E-state index contributed by atoms with van der Waals surface area (Å²) in [5.41, 5.74) is 1.86. The maximum absolute atomic E-state index is 11.6. The van der Waals surface area contributed by atoms with E-state index in [1.807, 2.05) is 30.3 Å². The molecule has 0 fully saturated rings. The van der Waals surface area contributed by atoms with Crippen LogP contribution < -0.4 is 4.74 Å². The van der Waals surface area contributed by atoms with Gasteiger partial charge in [-0.15, -0.1) is 5.11 Å². The first-order chi connectivity index (χ1) is 14.0. The third kappa shape index (κ3) is 5.77. The van der Waals surface area contributed by atoms with Gasteiger partial charge in [-0.25, -0.2) is 0 Å². The van der Waals surface area contributed by atoms with Gasteiger partial charge in [-0.05, 0) is 55.5 Å². The third-order valence-electron chi connectivity index (χ3n) is 3.68. The molecule has 0 heterocycles. The molecule has 0 aliphatic carbocycles. The Hall–Kier alpha value is -3.43. The van der Waals surface area contributed by atoms with E-state index in [2.05, 4.69) is 20.5 Å². The van der Waals surface area contributed by atoms with E-state index >= 15 is 0 Å². The van der Waals surface area contributed by atoms with Crippen LogP contribution in [0, 0.1) is 0 Å². The maximum atomic E-state index is 11.6. The Bertz CT molecular complexity index is 1130. The summed E-state index contributed by atoms with van der Waals surface area (Å²) >= 11 is 0. The highest BCUT2D eigenvalue weighted by molar-refractivity contribution is 7.86. The van der Waals surface area contributed by atoms with Crippen LogP contribution in [0.5, 0.6) is 5.75 Å². The summed E-state index contributed by atoms with van der Waals surface area (Å²) in [6.07, 6.45) is 0. The average molecular weight is 410 g/mol. The lowest BCUT2D eigenvalue weighted by molar-refractivity contribution is 0.339. The van der Waals surface area contributed by atoms with E-state index in [4.69, 9.17) is 4.74 Å². The summed E-state index contributed by atoms with van der Waals surface area (Å²) in [5, 5.41) is 16.2. The molecule has 148 valence electrons. The van der Waals surface area contributed by atoms with E-state index in [1.165, 1.54) is 12.1 Å². The molecule has 3 aromatic rings. The SMILES string of the molecule is CCOc1ccc(/N=N/c2ccc(N=Nc3ccccc3)cc2)c(S(=O)(=O)O)c1. The van der Waals surface area contributed by atoms with Crippen molar-refractivity contribution in [1.82, 2.24) is 0 Å². The molecule has 3 aromatic carbocycles. The lowest BCUT2D eigenvalue weighted by Crippen LogP contribution is -2.00. The molecule has 0 unspecified atom stereocenters. The zero-order valence-corrected chi connectivity index (χ0v) is 16.3. The predicted molar refractivity (Wildman–Crippen MR) is 109 cm³/mol. The van der Waals surface area contributed by atoms with Crippen molar-refractivity contribution < 1.29 is 17.7 Å². The highest BCUT2D eigenvalue weighted by Crippen LogP contribution is 2.30. The number of azo groups is 2. The molecule has 29 heavy (non-hydrogen) atoms. The van der Waals surface area contributed by atoms with Crippen molar-refractivity contribution in [2.75, 3.05) is 6.61 Å². The van der Waals surface area contributed by atoms with E-state index in [9.17, 15) is 13.0 Å². The molecule has 3 rings (SSSR count). The van der Waals surface area contributed by atoms with E-state index in [1.54, 1.807) is 37.3 Å². The molecule has 0 atom stereocenters. The lowest BCUT2D eigenvalue weighted by Gasteiger charge is -2.06. The number of nitrogens with zero attached hydrogens (tertiary/aromatic N) is 4. The van der Waals surface area contributed by atoms with Crippen LogP contribution in [0.15, 0.2) is 98.1 Å². The summed E-state index contributed by atoms with van der Waals surface area (Å²) in [4.78, 5) is -0.375. The fourth-order valence-electron chi connectivity index (χ4n) is 2.35. The minimum atomic E-state index is -4.48. The predicted octanol–water partition coefficient (Wildman–Crippen LogP) is 6.16. The summed E-state index contributed by atoms with van der Waals surface area (Å²) in [6.45, 7) is 2.13. The van der Waals surface area contributed by atoms with Crippen LogP contribution >= 0.6 is 0 Å². The van der Waals surface area contributed by atoms with Gasteiger partial charge < -0.3 is 4.74 Å². The monoisotopic (exact) mass is 410 g/mol. The molecule has 0 saturated carbocycles. The molecule has 0 saturated heterocycles. The van der Waals surface area contributed by atoms with E-state index < -0.39 is 10.1 Å². The molecule has 1 N–H and O–H groups in total. The van der Waals surface area contributed by atoms with E-state index in [0.29, 0.717) is 23.7 Å². The Labute approximate surface area is 168 Å². The smallest absolute Gasteiger partial charge is 0.296 e. The number of benzene rings is 3. The molecular formula is C20H18N4O4S. The van der Waals surface area contributed by atoms with Crippen molar-refractivity contribution in [2.45, 2.75) is 11.8 Å². The molecule has 0 amide bonds. The van der Waals surface area contributed by atoms with Gasteiger partial charge >= 0.3 is 0 Å². The van der Waals surface area contributed by atoms with Crippen LogP contribution in [0.3, 0.4) is 0 Å². The zero-order valence-electron chi connectivity index (χ0n) is 15.5. The first kappa shape index (κ1) is 20.3. The minimum absolute atomic E-state index is 0.00351. The summed E-state index contributed by atoms with van der Waals surface area (Å²) in [5.74, 6) is 0.312. The number of hydrogen-bond donors (Lipinski definition) is 1. The Morgan fingerprint density at radius 1 is 0.793 bits per heavy atom. The topological polar surface area (TPSA) is 113 Å². The Morgan fingerprint density at radius 2 is 1.34 bits per heavy atom. The van der Waals surface area contributed by atoms with Gasteiger partial charge in [0.1, 0.15) is 16.3 Å². The highest BCUT2D eigenvalue weighted by atomic mass is 32.2. The fraction of sp³-hybridized carbons (Fsp3) is 0.100. The molecule has 9 heteroatoms. The number of ether oxygens (including phenoxy) is 1. The van der Waals surface area contributed by atoms with Crippen molar-refractivity contribution in [3.8, 4) is 5.75 Å². The van der Waals surface area contributed by atoms with Crippen LogP contribution in [-0.4, -0.2) is 19.6 Å². The van der Waals surface area contributed by atoms with Gasteiger partial charge in [0.2, 0.25) is 0 Å². The number of rotatable bonds is 7. The zero-order chi connectivity index (χ0) is 20.7. The number of hydrogen-bond acceptors (Lipinski definition) is 7. The van der Waals surface area contributed by atoms with Crippen molar-refractivity contribution in [1.29, 1.82) is 0 Å². The molecule has 0 spiro atoms. The van der Waals surface area contributed by atoms with Crippen LogP contribution in [0.1, 0.15) is 6.92 Å². The standard InChI is InChI=1S/C20H18N4O4S/c1-2-28-18-12-13-19(20(14-18)29(25,26)27)24-23-17-10-8-16(9-11-17)22-21-15-6-4-3-5-7-15/h3-14H,2H2,1H3,(H,25,26,27)/b22-21?,24-23+. The second-order valence-corrected chi connectivity index (χ2v) is 7.18. The molecular weight excluding hydrogens is 392 g/mol.